The molecule has 1 heterocycles. The molecule has 2 aromatic rings. The summed E-state index contributed by atoms with van der Waals surface area (Å²) in [6.07, 6.45) is 2.03. The fourth-order valence-electron chi connectivity index (χ4n) is 2.10. The first-order valence-electron chi connectivity index (χ1n) is 7.24. The topological polar surface area (TPSA) is 102 Å². The van der Waals surface area contributed by atoms with Gasteiger partial charge in [0.2, 0.25) is 0 Å². The van der Waals surface area contributed by atoms with E-state index in [0.717, 1.165) is 12.4 Å². The molecule has 0 radical (unpaired) electrons. The number of aromatic nitrogens is 2. The Morgan fingerprint density at radius 1 is 1.19 bits per heavy atom. The fourth-order valence-corrected chi connectivity index (χ4v) is 2.10. The van der Waals surface area contributed by atoms with Gasteiger partial charge in [-0.1, -0.05) is 6.07 Å². The molecule has 0 fully saturated rings. The maximum Gasteiger partial charge on any atom is 0.387 e. The SMILES string of the molecule is COc1ccc(CN(C)C(=O)c2cnc(C(=O)O)cn2)cc1OC(F)F. The number of hydrogen-bond acceptors (Lipinski definition) is 6. The van der Waals surface area contributed by atoms with Gasteiger partial charge in [-0.3, -0.25) is 4.79 Å². The van der Waals surface area contributed by atoms with Crippen molar-refractivity contribution in [1.29, 1.82) is 0 Å². The molecule has 0 saturated heterocycles. The molecule has 0 atom stereocenters. The van der Waals surface area contributed by atoms with Crippen molar-refractivity contribution in [2.24, 2.45) is 0 Å². The highest BCUT2D eigenvalue weighted by atomic mass is 19.3. The van der Waals surface area contributed by atoms with Crippen LogP contribution in [0.1, 0.15) is 26.5 Å². The lowest BCUT2D eigenvalue weighted by Crippen LogP contribution is -2.27. The first kappa shape index (κ1) is 19.0. The van der Waals surface area contributed by atoms with E-state index in [1.165, 1.54) is 31.2 Å². The number of methoxy groups -OCH3 is 1. The van der Waals surface area contributed by atoms with Gasteiger partial charge >= 0.3 is 12.6 Å². The average Bonchev–Trinajstić information content (AvgIpc) is 2.61. The van der Waals surface area contributed by atoms with Crippen LogP contribution >= 0.6 is 0 Å². The Hall–Kier alpha value is -3.30. The molecule has 26 heavy (non-hydrogen) atoms. The quantitative estimate of drug-likeness (QED) is 0.799. The zero-order valence-electron chi connectivity index (χ0n) is 13.8. The van der Waals surface area contributed by atoms with Gasteiger partial charge in [0.15, 0.2) is 17.2 Å². The molecule has 0 spiro atoms. The minimum absolute atomic E-state index is 0.0462. The van der Waals surface area contributed by atoms with Crippen molar-refractivity contribution in [3.05, 3.63) is 47.5 Å². The van der Waals surface area contributed by atoms with E-state index in [9.17, 15) is 18.4 Å². The van der Waals surface area contributed by atoms with Crippen molar-refractivity contribution in [3.63, 3.8) is 0 Å². The van der Waals surface area contributed by atoms with E-state index in [4.69, 9.17) is 9.84 Å². The Labute approximate surface area is 147 Å². The van der Waals surface area contributed by atoms with E-state index in [-0.39, 0.29) is 29.4 Å². The van der Waals surface area contributed by atoms with Gasteiger partial charge in [-0.2, -0.15) is 8.78 Å². The summed E-state index contributed by atoms with van der Waals surface area (Å²) in [5.41, 5.74) is 0.190. The number of amides is 1. The molecule has 10 heteroatoms. The zero-order valence-corrected chi connectivity index (χ0v) is 13.8. The van der Waals surface area contributed by atoms with Crippen LogP contribution in [0.3, 0.4) is 0 Å². The molecule has 0 aliphatic heterocycles. The van der Waals surface area contributed by atoms with Gasteiger partial charge in [0, 0.05) is 13.6 Å². The minimum atomic E-state index is -3.01. The lowest BCUT2D eigenvalue weighted by atomic mass is 10.2. The third-order valence-corrected chi connectivity index (χ3v) is 3.30. The Morgan fingerprint density at radius 2 is 1.85 bits per heavy atom. The van der Waals surface area contributed by atoms with E-state index < -0.39 is 18.5 Å². The Balaban J connectivity index is 2.14. The number of carboxylic acids is 1. The molecule has 1 N–H and O–H groups in total. The number of halogens is 2. The molecule has 0 aliphatic carbocycles. The molecular formula is C16H15F2N3O5. The maximum atomic E-state index is 12.5. The summed E-state index contributed by atoms with van der Waals surface area (Å²) >= 11 is 0. The molecule has 2 rings (SSSR count). The molecule has 0 aliphatic rings. The summed E-state index contributed by atoms with van der Waals surface area (Å²) in [5, 5.41) is 8.78. The molecule has 0 saturated carbocycles. The van der Waals surface area contributed by atoms with Crippen LogP contribution in [0.2, 0.25) is 0 Å². The molecule has 1 amide bonds. The predicted octanol–water partition coefficient (Wildman–Crippen LogP) is 2.06. The normalized spacial score (nSPS) is 10.5. The maximum absolute atomic E-state index is 12.5. The zero-order chi connectivity index (χ0) is 19.3. The third-order valence-electron chi connectivity index (χ3n) is 3.30. The highest BCUT2D eigenvalue weighted by molar-refractivity contribution is 5.92. The summed E-state index contributed by atoms with van der Waals surface area (Å²) in [4.78, 5) is 31.7. The molecule has 138 valence electrons. The highest BCUT2D eigenvalue weighted by Gasteiger charge is 2.17. The Bertz CT molecular complexity index is 799. The van der Waals surface area contributed by atoms with Crippen molar-refractivity contribution in [2.75, 3.05) is 14.2 Å². The van der Waals surface area contributed by atoms with Gasteiger partial charge in [0.05, 0.1) is 19.5 Å². The van der Waals surface area contributed by atoms with Gasteiger partial charge in [-0.25, -0.2) is 14.8 Å². The molecule has 1 aromatic carbocycles. The van der Waals surface area contributed by atoms with E-state index in [1.54, 1.807) is 6.07 Å². The number of carbonyl (C=O) groups excluding carboxylic acids is 1. The van der Waals surface area contributed by atoms with Crippen LogP contribution in [0.4, 0.5) is 8.78 Å². The van der Waals surface area contributed by atoms with Crippen LogP contribution in [0.15, 0.2) is 30.6 Å². The van der Waals surface area contributed by atoms with E-state index in [0.29, 0.717) is 5.56 Å². The number of benzene rings is 1. The van der Waals surface area contributed by atoms with Crippen LogP contribution in [-0.4, -0.2) is 52.6 Å². The van der Waals surface area contributed by atoms with Gasteiger partial charge in [-0.15, -0.1) is 0 Å². The predicted molar refractivity (Wildman–Crippen MR) is 84.4 cm³/mol. The average molecular weight is 367 g/mol. The number of hydrogen-bond donors (Lipinski definition) is 1. The van der Waals surface area contributed by atoms with E-state index in [2.05, 4.69) is 14.7 Å². The second-order valence-electron chi connectivity index (χ2n) is 5.12. The second-order valence-corrected chi connectivity index (χ2v) is 5.12. The number of rotatable bonds is 7. The van der Waals surface area contributed by atoms with E-state index in [1.807, 2.05) is 0 Å². The van der Waals surface area contributed by atoms with Crippen molar-refractivity contribution >= 4 is 11.9 Å². The minimum Gasteiger partial charge on any atom is -0.493 e. The number of aromatic carboxylic acids is 1. The largest absolute Gasteiger partial charge is 0.493 e. The van der Waals surface area contributed by atoms with E-state index >= 15 is 0 Å². The smallest absolute Gasteiger partial charge is 0.387 e. The van der Waals surface area contributed by atoms with Gasteiger partial charge in [-0.05, 0) is 17.7 Å². The van der Waals surface area contributed by atoms with Crippen LogP contribution in [0, 0.1) is 0 Å². The molecule has 8 nitrogen and oxygen atoms in total. The first-order valence-corrected chi connectivity index (χ1v) is 7.24. The molecule has 0 unspecified atom stereocenters. The summed E-state index contributed by atoms with van der Waals surface area (Å²) in [6, 6.07) is 4.39. The van der Waals surface area contributed by atoms with Crippen molar-refractivity contribution in [1.82, 2.24) is 14.9 Å². The number of carbonyl (C=O) groups is 2. The number of ether oxygens (including phenoxy) is 2. The Kier molecular flexibility index (Phi) is 5.99. The molecular weight excluding hydrogens is 352 g/mol. The second kappa shape index (κ2) is 8.19. The van der Waals surface area contributed by atoms with Crippen LogP contribution in [0.25, 0.3) is 0 Å². The lowest BCUT2D eigenvalue weighted by Gasteiger charge is -2.18. The van der Waals surface area contributed by atoms with Gasteiger partial charge < -0.3 is 19.5 Å². The van der Waals surface area contributed by atoms with Gasteiger partial charge in [0.25, 0.3) is 5.91 Å². The summed E-state index contributed by atoms with van der Waals surface area (Å²) in [5.74, 6) is -1.78. The number of nitrogens with zero attached hydrogens (tertiary/aromatic N) is 3. The Morgan fingerprint density at radius 3 is 2.38 bits per heavy atom. The fraction of sp³-hybridized carbons (Fsp3) is 0.250. The number of alkyl halides is 2. The molecule has 1 aromatic heterocycles. The van der Waals surface area contributed by atoms with Crippen LogP contribution in [-0.2, 0) is 6.54 Å². The van der Waals surface area contributed by atoms with Crippen molar-refractivity contribution in [3.8, 4) is 11.5 Å². The number of carboxylic acid groups (broad SMARTS) is 1. The monoisotopic (exact) mass is 367 g/mol. The van der Waals surface area contributed by atoms with Crippen LogP contribution < -0.4 is 9.47 Å². The summed E-state index contributed by atoms with van der Waals surface area (Å²) in [7, 11) is 2.80. The standard InChI is InChI=1S/C16H15F2N3O5/c1-21(14(22)10-6-20-11(7-19-10)15(23)24)8-9-3-4-12(25-2)13(5-9)26-16(17)18/h3-7,16H,8H2,1-2H3,(H,23,24). The first-order chi connectivity index (χ1) is 12.3. The van der Waals surface area contributed by atoms with Crippen molar-refractivity contribution in [2.45, 2.75) is 13.2 Å². The molecule has 0 bridgehead atoms. The summed E-state index contributed by atoms with van der Waals surface area (Å²) in [6.45, 7) is -2.94. The van der Waals surface area contributed by atoms with Crippen molar-refractivity contribution < 1.29 is 33.0 Å². The van der Waals surface area contributed by atoms with Gasteiger partial charge in [0.1, 0.15) is 5.69 Å². The highest BCUT2D eigenvalue weighted by Crippen LogP contribution is 2.29. The lowest BCUT2D eigenvalue weighted by molar-refractivity contribution is -0.0512. The van der Waals surface area contributed by atoms with Crippen LogP contribution in [0.5, 0.6) is 11.5 Å². The summed E-state index contributed by atoms with van der Waals surface area (Å²) < 4.78 is 34.3. The third kappa shape index (κ3) is 4.62.